The molecule has 0 heterocycles. The molecular formula is C24H40. The second-order valence-electron chi connectivity index (χ2n) is 8.71. The van der Waals surface area contributed by atoms with Crippen LogP contribution in [0.1, 0.15) is 79.6 Å². The Morgan fingerprint density at radius 2 is 1.92 bits per heavy atom. The first-order valence-corrected chi connectivity index (χ1v) is 10.0. The van der Waals surface area contributed by atoms with Crippen molar-refractivity contribution in [2.45, 2.75) is 79.6 Å². The zero-order valence-corrected chi connectivity index (χ0v) is 15.6. The summed E-state index contributed by atoms with van der Waals surface area (Å²) in [6.45, 7) is 13.5. The molecular weight excluding hydrogens is 288 g/mol. The van der Waals surface area contributed by atoms with Gasteiger partial charge in [-0.3, -0.25) is 0 Å². The third-order valence-electron chi connectivity index (χ3n) is 7.84. The maximum atomic E-state index is 3.00. The summed E-state index contributed by atoms with van der Waals surface area (Å²) in [5, 5.41) is 0. The van der Waals surface area contributed by atoms with Crippen molar-refractivity contribution < 1.29 is 0 Å². The fraction of sp³-hybridized carbons (Fsp3) is 0.750. The predicted octanol–water partition coefficient (Wildman–Crippen LogP) is 7.58. The van der Waals surface area contributed by atoms with Crippen LogP contribution >= 0.6 is 0 Å². The molecule has 0 saturated heterocycles. The predicted molar refractivity (Wildman–Crippen MR) is 108 cm³/mol. The Balaban J connectivity index is 0.000000670. The normalized spacial score (nSPS) is 42.9. The van der Waals surface area contributed by atoms with E-state index < -0.39 is 0 Å². The van der Waals surface area contributed by atoms with Crippen molar-refractivity contribution in [3.8, 4) is 0 Å². The van der Waals surface area contributed by atoms with Gasteiger partial charge in [0.25, 0.3) is 0 Å². The second kappa shape index (κ2) is 7.63. The van der Waals surface area contributed by atoms with Gasteiger partial charge < -0.3 is 0 Å². The molecule has 0 N–H and O–H groups in total. The van der Waals surface area contributed by atoms with E-state index in [1.165, 1.54) is 51.4 Å². The third kappa shape index (κ3) is 2.95. The molecule has 136 valence electrons. The van der Waals surface area contributed by atoms with Crippen LogP contribution in [0.15, 0.2) is 36.5 Å². The van der Waals surface area contributed by atoms with Crippen molar-refractivity contribution in [2.24, 2.45) is 35.0 Å². The first kappa shape index (κ1) is 19.5. The number of allylic oxidation sites excluding steroid dienone is 4. The van der Waals surface area contributed by atoms with E-state index in [4.69, 9.17) is 0 Å². The maximum absolute atomic E-state index is 3.00. The van der Waals surface area contributed by atoms with Crippen LogP contribution in [0.3, 0.4) is 0 Å². The van der Waals surface area contributed by atoms with Crippen LogP contribution < -0.4 is 0 Å². The SMILES string of the molecule is C.C=C.CCC1CCC2C3CCC4=CC(C)CC=C4C3CCC12C. The number of rotatable bonds is 1. The zero-order valence-electron chi connectivity index (χ0n) is 15.6. The van der Waals surface area contributed by atoms with E-state index in [1.54, 1.807) is 11.1 Å². The molecule has 0 aromatic carbocycles. The van der Waals surface area contributed by atoms with Crippen LogP contribution in [0.25, 0.3) is 0 Å². The van der Waals surface area contributed by atoms with Crippen LogP contribution in [0.5, 0.6) is 0 Å². The van der Waals surface area contributed by atoms with Crippen LogP contribution in [-0.4, -0.2) is 0 Å². The van der Waals surface area contributed by atoms with Gasteiger partial charge in [-0.2, -0.15) is 0 Å². The van der Waals surface area contributed by atoms with Crippen LogP contribution in [-0.2, 0) is 0 Å². The highest BCUT2D eigenvalue weighted by Crippen LogP contribution is 2.63. The van der Waals surface area contributed by atoms with Crippen molar-refractivity contribution in [1.29, 1.82) is 0 Å². The van der Waals surface area contributed by atoms with Gasteiger partial charge in [0.2, 0.25) is 0 Å². The molecule has 4 aliphatic carbocycles. The van der Waals surface area contributed by atoms with Gasteiger partial charge in [0, 0.05) is 0 Å². The summed E-state index contributed by atoms with van der Waals surface area (Å²) >= 11 is 0. The second-order valence-corrected chi connectivity index (χ2v) is 8.71. The van der Waals surface area contributed by atoms with Gasteiger partial charge in [-0.15, -0.1) is 13.2 Å². The summed E-state index contributed by atoms with van der Waals surface area (Å²) in [7, 11) is 0. The van der Waals surface area contributed by atoms with Crippen molar-refractivity contribution in [2.75, 3.05) is 0 Å². The lowest BCUT2D eigenvalue weighted by atomic mass is 9.53. The summed E-state index contributed by atoms with van der Waals surface area (Å²) in [5.41, 5.74) is 4.22. The molecule has 3 saturated carbocycles. The van der Waals surface area contributed by atoms with Gasteiger partial charge in [-0.1, -0.05) is 46.8 Å². The van der Waals surface area contributed by atoms with Gasteiger partial charge in [-0.25, -0.2) is 0 Å². The summed E-state index contributed by atoms with van der Waals surface area (Å²) < 4.78 is 0. The molecule has 6 atom stereocenters. The topological polar surface area (TPSA) is 0 Å². The smallest absolute Gasteiger partial charge is 0.0131 e. The average molecular weight is 329 g/mol. The Morgan fingerprint density at radius 3 is 2.62 bits per heavy atom. The molecule has 3 fully saturated rings. The standard InChI is InChI=1S/C21H32.C2H4.CH4/c1-4-16-7-10-20-19-9-6-15-13-14(2)5-8-17(15)18(19)11-12-21(16,20)3;1-2;/h8,13-14,16,18-20H,4-7,9-12H2,1-3H3;1-2H2;1H4. The number of hydrogen-bond donors (Lipinski definition) is 0. The highest BCUT2D eigenvalue weighted by atomic mass is 14.6. The fourth-order valence-corrected chi connectivity index (χ4v) is 6.75. The molecule has 0 aromatic rings. The van der Waals surface area contributed by atoms with E-state index in [1.807, 2.05) is 0 Å². The van der Waals surface area contributed by atoms with Crippen LogP contribution in [0, 0.1) is 35.0 Å². The van der Waals surface area contributed by atoms with E-state index in [-0.39, 0.29) is 7.43 Å². The van der Waals surface area contributed by atoms with Crippen LogP contribution in [0.2, 0.25) is 0 Å². The number of hydrogen-bond acceptors (Lipinski definition) is 0. The minimum atomic E-state index is 0. The van der Waals surface area contributed by atoms with Crippen molar-refractivity contribution >= 4 is 0 Å². The van der Waals surface area contributed by atoms with Gasteiger partial charge in [0.15, 0.2) is 0 Å². The van der Waals surface area contributed by atoms with E-state index >= 15 is 0 Å². The summed E-state index contributed by atoms with van der Waals surface area (Å²) in [6.07, 6.45) is 16.8. The van der Waals surface area contributed by atoms with Crippen LogP contribution in [0.4, 0.5) is 0 Å². The molecule has 0 amide bonds. The highest BCUT2D eigenvalue weighted by molar-refractivity contribution is 5.39. The quantitative estimate of drug-likeness (QED) is 0.435. The average Bonchev–Trinajstić information content (AvgIpc) is 2.92. The van der Waals surface area contributed by atoms with Crippen molar-refractivity contribution in [3.63, 3.8) is 0 Å². The molecule has 0 aliphatic heterocycles. The molecule has 0 radical (unpaired) electrons. The van der Waals surface area contributed by atoms with E-state index in [9.17, 15) is 0 Å². The lowest BCUT2D eigenvalue weighted by Gasteiger charge is -2.52. The lowest BCUT2D eigenvalue weighted by Crippen LogP contribution is -2.43. The Hall–Kier alpha value is -0.780. The highest BCUT2D eigenvalue weighted by Gasteiger charge is 2.54. The fourth-order valence-electron chi connectivity index (χ4n) is 6.75. The van der Waals surface area contributed by atoms with Crippen molar-refractivity contribution in [1.82, 2.24) is 0 Å². The van der Waals surface area contributed by atoms with E-state index in [2.05, 4.69) is 46.1 Å². The van der Waals surface area contributed by atoms with Gasteiger partial charge in [0.1, 0.15) is 0 Å². The molecule has 0 aromatic heterocycles. The molecule has 0 nitrogen and oxygen atoms in total. The Labute approximate surface area is 151 Å². The monoisotopic (exact) mass is 328 g/mol. The maximum Gasteiger partial charge on any atom is -0.0131 e. The Bertz CT molecular complexity index is 496. The molecule has 0 spiro atoms. The molecule has 24 heavy (non-hydrogen) atoms. The van der Waals surface area contributed by atoms with E-state index in [0.717, 1.165) is 29.6 Å². The lowest BCUT2D eigenvalue weighted by molar-refractivity contribution is 0.0140. The molecule has 0 heteroatoms. The largest absolute Gasteiger partial charge is 0.106 e. The van der Waals surface area contributed by atoms with E-state index in [0.29, 0.717) is 5.41 Å². The van der Waals surface area contributed by atoms with Gasteiger partial charge in [-0.05, 0) is 91.1 Å². The molecule has 4 rings (SSSR count). The Kier molecular flexibility index (Phi) is 6.21. The summed E-state index contributed by atoms with van der Waals surface area (Å²) in [6, 6.07) is 0. The Morgan fingerprint density at radius 1 is 1.17 bits per heavy atom. The minimum absolute atomic E-state index is 0. The molecule has 6 unspecified atom stereocenters. The summed E-state index contributed by atoms with van der Waals surface area (Å²) in [5.74, 6) is 4.76. The number of fused-ring (bicyclic) bond motifs is 5. The molecule has 4 aliphatic rings. The zero-order chi connectivity index (χ0) is 16.6. The van der Waals surface area contributed by atoms with Gasteiger partial charge in [0.05, 0.1) is 0 Å². The van der Waals surface area contributed by atoms with Gasteiger partial charge >= 0.3 is 0 Å². The molecule has 0 bridgehead atoms. The third-order valence-corrected chi connectivity index (χ3v) is 7.84. The minimum Gasteiger partial charge on any atom is -0.106 e. The van der Waals surface area contributed by atoms with Crippen molar-refractivity contribution in [3.05, 3.63) is 36.5 Å². The first-order chi connectivity index (χ1) is 11.1. The first-order valence-electron chi connectivity index (χ1n) is 10.0. The summed E-state index contributed by atoms with van der Waals surface area (Å²) in [4.78, 5) is 0.